The number of hydrogen-bond acceptors (Lipinski definition) is 4. The molecule has 0 atom stereocenters. The number of nitrogens with zero attached hydrogens (tertiary/aromatic N) is 1. The van der Waals surface area contributed by atoms with E-state index in [9.17, 15) is 14.0 Å². The minimum Gasteiger partial charge on any atom is -0.352 e. The highest BCUT2D eigenvalue weighted by Crippen LogP contribution is 2.19. The predicted molar refractivity (Wildman–Crippen MR) is 118 cm³/mol. The minimum absolute atomic E-state index is 0.0396. The summed E-state index contributed by atoms with van der Waals surface area (Å²) in [7, 11) is 0. The molecule has 0 bridgehead atoms. The maximum atomic E-state index is 13.8. The fourth-order valence-corrected chi connectivity index (χ4v) is 3.77. The second-order valence-electron chi connectivity index (χ2n) is 7.06. The molecule has 5 nitrogen and oxygen atoms in total. The first-order valence-electron chi connectivity index (χ1n) is 9.80. The zero-order valence-corrected chi connectivity index (χ0v) is 17.8. The number of hydrogen-bond donors (Lipinski definition) is 2. The average molecular weight is 426 g/mol. The Morgan fingerprint density at radius 3 is 2.60 bits per heavy atom. The van der Waals surface area contributed by atoms with Crippen molar-refractivity contribution < 1.29 is 14.0 Å². The van der Waals surface area contributed by atoms with Crippen LogP contribution in [-0.2, 0) is 6.42 Å². The van der Waals surface area contributed by atoms with Crippen LogP contribution in [0.15, 0.2) is 47.8 Å². The molecule has 0 spiro atoms. The zero-order chi connectivity index (χ0) is 21.5. The molecule has 0 aliphatic rings. The number of thiazole rings is 1. The minimum atomic E-state index is -0.588. The van der Waals surface area contributed by atoms with E-state index in [0.717, 1.165) is 35.5 Å². The lowest BCUT2D eigenvalue weighted by molar-refractivity contribution is 0.0951. The summed E-state index contributed by atoms with van der Waals surface area (Å²) in [6.45, 7) is 4.36. The van der Waals surface area contributed by atoms with Crippen LogP contribution in [0.2, 0.25) is 0 Å². The standard InChI is InChI=1S/C23H24FN3O2S/c1-15-10-11-17(13-20(15)27-23(29)18-7-3-4-8-19(18)24)22(28)25-12-6-5-9-21-26-16(2)14-30-21/h3-4,7-8,10-11,13-14H,5-6,9,12H2,1-2H3,(H,25,28)(H,27,29). The molecular formula is C23H24FN3O2S. The molecule has 1 heterocycles. The number of anilines is 1. The van der Waals surface area contributed by atoms with Crippen LogP contribution in [-0.4, -0.2) is 23.3 Å². The Kier molecular flexibility index (Phi) is 7.30. The van der Waals surface area contributed by atoms with Crippen molar-refractivity contribution in [3.8, 4) is 0 Å². The summed E-state index contributed by atoms with van der Waals surface area (Å²) in [6.07, 6.45) is 2.71. The Morgan fingerprint density at radius 2 is 1.87 bits per heavy atom. The number of carbonyl (C=O) groups excluding carboxylic acids is 2. The van der Waals surface area contributed by atoms with Crippen molar-refractivity contribution in [1.29, 1.82) is 0 Å². The Morgan fingerprint density at radius 1 is 1.07 bits per heavy atom. The van der Waals surface area contributed by atoms with Gasteiger partial charge < -0.3 is 10.6 Å². The monoisotopic (exact) mass is 425 g/mol. The maximum absolute atomic E-state index is 13.8. The lowest BCUT2D eigenvalue weighted by Crippen LogP contribution is -2.25. The fraction of sp³-hybridized carbons (Fsp3) is 0.261. The molecule has 0 fully saturated rings. The van der Waals surface area contributed by atoms with E-state index in [-0.39, 0.29) is 11.5 Å². The second kappa shape index (κ2) is 10.1. The van der Waals surface area contributed by atoms with Gasteiger partial charge in [0.1, 0.15) is 5.82 Å². The van der Waals surface area contributed by atoms with Crippen molar-refractivity contribution in [2.75, 3.05) is 11.9 Å². The number of rotatable bonds is 8. The molecule has 0 radical (unpaired) electrons. The quantitative estimate of drug-likeness (QED) is 0.504. The molecule has 3 rings (SSSR count). The molecule has 0 aliphatic carbocycles. The first-order valence-corrected chi connectivity index (χ1v) is 10.7. The van der Waals surface area contributed by atoms with Crippen LogP contribution in [0.4, 0.5) is 10.1 Å². The highest BCUT2D eigenvalue weighted by atomic mass is 32.1. The second-order valence-corrected chi connectivity index (χ2v) is 8.00. The van der Waals surface area contributed by atoms with E-state index in [1.165, 1.54) is 18.2 Å². The molecule has 0 aliphatic heterocycles. The summed E-state index contributed by atoms with van der Waals surface area (Å²) in [6, 6.07) is 10.9. The van der Waals surface area contributed by atoms with Gasteiger partial charge in [-0.25, -0.2) is 9.37 Å². The molecule has 2 amide bonds. The van der Waals surface area contributed by atoms with Crippen LogP contribution in [0, 0.1) is 19.7 Å². The molecule has 30 heavy (non-hydrogen) atoms. The largest absolute Gasteiger partial charge is 0.352 e. The van der Waals surface area contributed by atoms with E-state index in [2.05, 4.69) is 15.6 Å². The number of aromatic nitrogens is 1. The van der Waals surface area contributed by atoms with E-state index in [4.69, 9.17) is 0 Å². The van der Waals surface area contributed by atoms with E-state index in [1.807, 2.05) is 19.2 Å². The van der Waals surface area contributed by atoms with Crippen LogP contribution < -0.4 is 10.6 Å². The number of benzene rings is 2. The lowest BCUT2D eigenvalue weighted by Gasteiger charge is -2.11. The smallest absolute Gasteiger partial charge is 0.258 e. The van der Waals surface area contributed by atoms with E-state index < -0.39 is 11.7 Å². The third-order valence-corrected chi connectivity index (χ3v) is 5.66. The van der Waals surface area contributed by atoms with E-state index in [0.29, 0.717) is 17.8 Å². The number of carbonyl (C=O) groups is 2. The molecule has 1 aromatic heterocycles. The van der Waals surface area contributed by atoms with Gasteiger partial charge in [-0.1, -0.05) is 18.2 Å². The van der Waals surface area contributed by atoms with Crippen LogP contribution in [0.1, 0.15) is 49.8 Å². The van der Waals surface area contributed by atoms with Gasteiger partial charge in [-0.15, -0.1) is 11.3 Å². The molecule has 0 saturated carbocycles. The Labute approximate surface area is 179 Å². The number of aryl methyl sites for hydroxylation is 3. The van der Waals surface area contributed by atoms with Crippen molar-refractivity contribution in [2.24, 2.45) is 0 Å². The molecule has 2 aromatic carbocycles. The summed E-state index contributed by atoms with van der Waals surface area (Å²) in [4.78, 5) is 29.3. The van der Waals surface area contributed by atoms with Gasteiger partial charge in [0.15, 0.2) is 0 Å². The summed E-state index contributed by atoms with van der Waals surface area (Å²) in [5.41, 5.74) is 2.72. The van der Waals surface area contributed by atoms with Gasteiger partial charge in [-0.05, 0) is 62.9 Å². The highest BCUT2D eigenvalue weighted by Gasteiger charge is 2.14. The molecule has 2 N–H and O–H groups in total. The summed E-state index contributed by atoms with van der Waals surface area (Å²) < 4.78 is 13.8. The number of halogens is 1. The van der Waals surface area contributed by atoms with Crippen molar-refractivity contribution in [1.82, 2.24) is 10.3 Å². The number of nitrogens with one attached hydrogen (secondary N) is 2. The molecular weight excluding hydrogens is 401 g/mol. The van der Waals surface area contributed by atoms with Gasteiger partial charge in [0.25, 0.3) is 11.8 Å². The Balaban J connectivity index is 1.54. The van der Waals surface area contributed by atoms with Crippen molar-refractivity contribution in [2.45, 2.75) is 33.1 Å². The van der Waals surface area contributed by atoms with Crippen LogP contribution in [0.25, 0.3) is 0 Å². The number of amides is 2. The van der Waals surface area contributed by atoms with Crippen molar-refractivity contribution in [3.05, 3.63) is 81.1 Å². The zero-order valence-electron chi connectivity index (χ0n) is 17.0. The fourth-order valence-electron chi connectivity index (χ4n) is 2.96. The molecule has 7 heteroatoms. The summed E-state index contributed by atoms with van der Waals surface area (Å²) in [5, 5.41) is 8.75. The topological polar surface area (TPSA) is 71.1 Å². The molecule has 156 valence electrons. The van der Waals surface area contributed by atoms with Crippen LogP contribution in [0.3, 0.4) is 0 Å². The number of unbranched alkanes of at least 4 members (excludes halogenated alkanes) is 1. The van der Waals surface area contributed by atoms with E-state index in [1.54, 1.807) is 35.6 Å². The van der Waals surface area contributed by atoms with Crippen molar-refractivity contribution in [3.63, 3.8) is 0 Å². The lowest BCUT2D eigenvalue weighted by atomic mass is 10.1. The highest BCUT2D eigenvalue weighted by molar-refractivity contribution is 7.09. The average Bonchev–Trinajstić information content (AvgIpc) is 3.14. The first kappa shape index (κ1) is 21.6. The predicted octanol–water partition coefficient (Wildman–Crippen LogP) is 4.90. The SMILES string of the molecule is Cc1csc(CCCCNC(=O)c2ccc(C)c(NC(=O)c3ccccc3F)c2)n1. The third-order valence-electron chi connectivity index (χ3n) is 4.64. The van der Waals surface area contributed by atoms with Crippen molar-refractivity contribution >= 4 is 28.8 Å². The maximum Gasteiger partial charge on any atom is 0.258 e. The van der Waals surface area contributed by atoms with Gasteiger partial charge in [0, 0.05) is 28.9 Å². The van der Waals surface area contributed by atoms with Gasteiger partial charge in [-0.3, -0.25) is 9.59 Å². The Bertz CT molecular complexity index is 1050. The van der Waals surface area contributed by atoms with Gasteiger partial charge >= 0.3 is 0 Å². The van der Waals surface area contributed by atoms with Crippen LogP contribution in [0.5, 0.6) is 0 Å². The van der Waals surface area contributed by atoms with Gasteiger partial charge in [-0.2, -0.15) is 0 Å². The molecule has 0 unspecified atom stereocenters. The van der Waals surface area contributed by atoms with E-state index >= 15 is 0 Å². The third kappa shape index (κ3) is 5.73. The molecule has 0 saturated heterocycles. The Hall–Kier alpha value is -3.06. The van der Waals surface area contributed by atoms with Gasteiger partial charge in [0.05, 0.1) is 10.6 Å². The summed E-state index contributed by atoms with van der Waals surface area (Å²) >= 11 is 1.66. The van der Waals surface area contributed by atoms with Gasteiger partial charge in [0.2, 0.25) is 0 Å². The molecule has 3 aromatic rings. The normalized spacial score (nSPS) is 10.6. The first-order chi connectivity index (χ1) is 14.4. The summed E-state index contributed by atoms with van der Waals surface area (Å²) in [5.74, 6) is -1.35. The van der Waals surface area contributed by atoms with Crippen LogP contribution >= 0.6 is 11.3 Å².